The molecule has 1 aromatic carbocycles. The molecule has 0 fully saturated rings. The summed E-state index contributed by atoms with van der Waals surface area (Å²) in [7, 11) is 0. The third-order valence-corrected chi connectivity index (χ3v) is 2.39. The van der Waals surface area contributed by atoms with Gasteiger partial charge < -0.3 is 4.57 Å². The maximum atomic E-state index is 12.9. The van der Waals surface area contributed by atoms with Crippen molar-refractivity contribution in [1.29, 1.82) is 0 Å². The topological polar surface area (TPSA) is 22.0 Å². The Hall–Kier alpha value is -1.90. The number of hydrogen-bond donors (Lipinski definition) is 0. The molecular weight excluding hydrogens is 205 g/mol. The zero-order chi connectivity index (χ0) is 11.5. The minimum absolute atomic E-state index is 0.0655. The van der Waals surface area contributed by atoms with E-state index >= 15 is 0 Å². The van der Waals surface area contributed by atoms with Gasteiger partial charge in [0.25, 0.3) is 5.56 Å². The molecule has 0 spiro atoms. The third kappa shape index (κ3) is 2.37. The van der Waals surface area contributed by atoms with Gasteiger partial charge in [0.1, 0.15) is 5.82 Å². The lowest BCUT2D eigenvalue weighted by atomic mass is 10.2. The fourth-order valence-corrected chi connectivity index (χ4v) is 1.57. The second-order valence-corrected chi connectivity index (χ2v) is 3.80. The van der Waals surface area contributed by atoms with Crippen molar-refractivity contribution in [3.05, 3.63) is 69.9 Å². The molecule has 1 heterocycles. The quantitative estimate of drug-likeness (QED) is 0.756. The SMILES string of the molecule is Cc1ccn(Cc2cccc(F)c2)c(=O)c1. The normalized spacial score (nSPS) is 10.4. The molecule has 3 heteroatoms. The summed E-state index contributed by atoms with van der Waals surface area (Å²) in [6.07, 6.45) is 1.72. The van der Waals surface area contributed by atoms with E-state index in [0.717, 1.165) is 11.1 Å². The maximum absolute atomic E-state index is 12.9. The first-order valence-corrected chi connectivity index (χ1v) is 5.07. The van der Waals surface area contributed by atoms with Crippen LogP contribution in [0, 0.1) is 12.7 Å². The van der Waals surface area contributed by atoms with E-state index < -0.39 is 0 Å². The second-order valence-electron chi connectivity index (χ2n) is 3.80. The van der Waals surface area contributed by atoms with Crippen molar-refractivity contribution >= 4 is 0 Å². The zero-order valence-electron chi connectivity index (χ0n) is 8.98. The summed E-state index contributed by atoms with van der Waals surface area (Å²) in [6.45, 7) is 2.27. The van der Waals surface area contributed by atoms with Crippen molar-refractivity contribution in [1.82, 2.24) is 4.57 Å². The Labute approximate surface area is 93.0 Å². The standard InChI is InChI=1S/C13H12FNO/c1-10-5-6-15(13(16)7-10)9-11-3-2-4-12(14)8-11/h2-8H,9H2,1H3. The highest BCUT2D eigenvalue weighted by Crippen LogP contribution is 2.04. The van der Waals surface area contributed by atoms with Crippen LogP contribution in [0.25, 0.3) is 0 Å². The van der Waals surface area contributed by atoms with Crippen LogP contribution in [0.4, 0.5) is 4.39 Å². The Morgan fingerprint density at radius 3 is 2.75 bits per heavy atom. The van der Waals surface area contributed by atoms with Gasteiger partial charge in [-0.25, -0.2) is 4.39 Å². The molecular formula is C13H12FNO. The molecule has 16 heavy (non-hydrogen) atoms. The Kier molecular flexibility index (Phi) is 2.86. The van der Waals surface area contributed by atoms with Crippen LogP contribution in [-0.2, 0) is 6.54 Å². The minimum Gasteiger partial charge on any atom is -0.311 e. The number of rotatable bonds is 2. The van der Waals surface area contributed by atoms with Crippen LogP contribution in [-0.4, -0.2) is 4.57 Å². The van der Waals surface area contributed by atoms with Crippen LogP contribution in [0.2, 0.25) is 0 Å². The molecule has 0 atom stereocenters. The van der Waals surface area contributed by atoms with Crippen LogP contribution in [0.1, 0.15) is 11.1 Å². The number of halogens is 1. The van der Waals surface area contributed by atoms with Crippen molar-refractivity contribution in [3.63, 3.8) is 0 Å². The van der Waals surface area contributed by atoms with Crippen molar-refractivity contribution in [3.8, 4) is 0 Å². The summed E-state index contributed by atoms with van der Waals surface area (Å²) in [5, 5.41) is 0. The molecule has 0 radical (unpaired) electrons. The summed E-state index contributed by atoms with van der Waals surface area (Å²) in [4.78, 5) is 11.6. The number of aryl methyl sites for hydroxylation is 1. The molecule has 0 aliphatic rings. The van der Waals surface area contributed by atoms with Crippen LogP contribution in [0.15, 0.2) is 47.4 Å². The average molecular weight is 217 g/mol. The lowest BCUT2D eigenvalue weighted by Crippen LogP contribution is -2.19. The monoisotopic (exact) mass is 217 g/mol. The molecule has 0 bridgehead atoms. The van der Waals surface area contributed by atoms with E-state index in [4.69, 9.17) is 0 Å². The second kappa shape index (κ2) is 4.31. The van der Waals surface area contributed by atoms with Crippen LogP contribution < -0.4 is 5.56 Å². The molecule has 0 saturated heterocycles. The maximum Gasteiger partial charge on any atom is 0.251 e. The summed E-state index contributed by atoms with van der Waals surface area (Å²) >= 11 is 0. The van der Waals surface area contributed by atoms with Crippen LogP contribution >= 0.6 is 0 Å². The smallest absolute Gasteiger partial charge is 0.251 e. The van der Waals surface area contributed by atoms with E-state index in [1.54, 1.807) is 29.0 Å². The highest BCUT2D eigenvalue weighted by molar-refractivity contribution is 5.17. The van der Waals surface area contributed by atoms with E-state index in [2.05, 4.69) is 0 Å². The fourth-order valence-electron chi connectivity index (χ4n) is 1.57. The van der Waals surface area contributed by atoms with Gasteiger partial charge in [-0.2, -0.15) is 0 Å². The first kappa shape index (κ1) is 10.6. The Balaban J connectivity index is 2.31. The van der Waals surface area contributed by atoms with Crippen LogP contribution in [0.5, 0.6) is 0 Å². The molecule has 0 amide bonds. The largest absolute Gasteiger partial charge is 0.311 e. The van der Waals surface area contributed by atoms with E-state index in [9.17, 15) is 9.18 Å². The Morgan fingerprint density at radius 2 is 2.06 bits per heavy atom. The number of aromatic nitrogens is 1. The van der Waals surface area contributed by atoms with E-state index in [-0.39, 0.29) is 11.4 Å². The highest BCUT2D eigenvalue weighted by Gasteiger charge is 1.99. The van der Waals surface area contributed by atoms with Crippen molar-refractivity contribution in [2.45, 2.75) is 13.5 Å². The predicted molar refractivity (Wildman–Crippen MR) is 60.9 cm³/mol. The number of nitrogens with zero attached hydrogens (tertiary/aromatic N) is 1. The molecule has 1 aromatic heterocycles. The molecule has 2 nitrogen and oxygen atoms in total. The van der Waals surface area contributed by atoms with Gasteiger partial charge in [-0.05, 0) is 36.2 Å². The summed E-state index contributed by atoms with van der Waals surface area (Å²) in [5.74, 6) is -0.280. The first-order valence-electron chi connectivity index (χ1n) is 5.07. The van der Waals surface area contributed by atoms with Crippen molar-refractivity contribution < 1.29 is 4.39 Å². The van der Waals surface area contributed by atoms with Gasteiger partial charge in [-0.3, -0.25) is 4.79 Å². The summed E-state index contributed by atoms with van der Waals surface area (Å²) in [5.41, 5.74) is 1.65. The highest BCUT2D eigenvalue weighted by atomic mass is 19.1. The summed E-state index contributed by atoms with van der Waals surface area (Å²) in [6, 6.07) is 9.70. The minimum atomic E-state index is -0.280. The molecule has 82 valence electrons. The molecule has 0 aliphatic heterocycles. The number of pyridine rings is 1. The van der Waals surface area contributed by atoms with Crippen molar-refractivity contribution in [2.24, 2.45) is 0 Å². The Bertz CT molecular complexity index is 560. The van der Waals surface area contributed by atoms with E-state index in [1.807, 2.05) is 13.0 Å². The predicted octanol–water partition coefficient (Wildman–Crippen LogP) is 2.34. The van der Waals surface area contributed by atoms with Gasteiger partial charge >= 0.3 is 0 Å². The molecule has 0 saturated carbocycles. The van der Waals surface area contributed by atoms with E-state index in [0.29, 0.717) is 6.54 Å². The number of hydrogen-bond acceptors (Lipinski definition) is 1. The van der Waals surface area contributed by atoms with Gasteiger partial charge in [0.15, 0.2) is 0 Å². The van der Waals surface area contributed by atoms with Crippen LogP contribution in [0.3, 0.4) is 0 Å². The van der Waals surface area contributed by atoms with E-state index in [1.165, 1.54) is 12.1 Å². The van der Waals surface area contributed by atoms with Gasteiger partial charge in [-0.15, -0.1) is 0 Å². The molecule has 2 rings (SSSR count). The number of benzene rings is 1. The van der Waals surface area contributed by atoms with Gasteiger partial charge in [0.2, 0.25) is 0 Å². The third-order valence-electron chi connectivity index (χ3n) is 2.39. The van der Waals surface area contributed by atoms with Gasteiger partial charge in [0, 0.05) is 12.3 Å². The van der Waals surface area contributed by atoms with Crippen molar-refractivity contribution in [2.75, 3.05) is 0 Å². The van der Waals surface area contributed by atoms with Gasteiger partial charge in [0.05, 0.1) is 6.54 Å². The Morgan fingerprint density at radius 1 is 1.25 bits per heavy atom. The summed E-state index contributed by atoms with van der Waals surface area (Å²) < 4.78 is 14.5. The zero-order valence-corrected chi connectivity index (χ0v) is 8.98. The lowest BCUT2D eigenvalue weighted by molar-refractivity contribution is 0.622. The molecule has 0 aliphatic carbocycles. The molecule has 0 N–H and O–H groups in total. The molecule has 0 unspecified atom stereocenters. The average Bonchev–Trinajstić information content (AvgIpc) is 2.22. The first-order chi connectivity index (χ1) is 7.65. The molecule has 2 aromatic rings. The fraction of sp³-hybridized carbons (Fsp3) is 0.154. The van der Waals surface area contributed by atoms with Gasteiger partial charge in [-0.1, -0.05) is 12.1 Å². The lowest BCUT2D eigenvalue weighted by Gasteiger charge is -2.05.